The van der Waals surface area contributed by atoms with Gasteiger partial charge in [-0.1, -0.05) is 31.9 Å². The van der Waals surface area contributed by atoms with E-state index in [-0.39, 0.29) is 5.25 Å². The van der Waals surface area contributed by atoms with Gasteiger partial charge >= 0.3 is 0 Å². The van der Waals surface area contributed by atoms with Crippen LogP contribution in [0.5, 0.6) is 0 Å². The molecular formula is C12H15NOS. The summed E-state index contributed by atoms with van der Waals surface area (Å²) in [7, 11) is 0. The topological polar surface area (TPSA) is 26.0 Å². The first kappa shape index (κ1) is 10.6. The highest BCUT2D eigenvalue weighted by Gasteiger charge is 2.13. The van der Waals surface area contributed by atoms with E-state index < -0.39 is 0 Å². The molecule has 0 aliphatic heterocycles. The van der Waals surface area contributed by atoms with Crippen LogP contribution in [-0.2, 0) is 0 Å². The van der Waals surface area contributed by atoms with Gasteiger partial charge in [0.05, 0.1) is 5.25 Å². The summed E-state index contributed by atoms with van der Waals surface area (Å²) >= 11 is 4.51. The summed E-state index contributed by atoms with van der Waals surface area (Å²) in [6.07, 6.45) is 3.36. The molecule has 0 bridgehead atoms. The third kappa shape index (κ3) is 2.34. The Morgan fingerprint density at radius 1 is 1.40 bits per heavy atom. The number of hydrogen-bond donors (Lipinski definition) is 1. The molecule has 0 radical (unpaired) electrons. The second-order valence-electron chi connectivity index (χ2n) is 3.68. The summed E-state index contributed by atoms with van der Waals surface area (Å²) in [6, 6.07) is 7.82. The van der Waals surface area contributed by atoms with Crippen LogP contribution in [0.4, 0.5) is 0 Å². The van der Waals surface area contributed by atoms with Gasteiger partial charge in [0, 0.05) is 0 Å². The molecule has 3 heteroatoms. The van der Waals surface area contributed by atoms with E-state index in [4.69, 9.17) is 4.42 Å². The van der Waals surface area contributed by atoms with Crippen molar-refractivity contribution in [1.82, 2.24) is 4.98 Å². The minimum atomic E-state index is 0.123. The molecule has 2 rings (SSSR count). The average molecular weight is 221 g/mol. The maximum absolute atomic E-state index is 5.64. The Balaban J connectivity index is 2.20. The Morgan fingerprint density at radius 3 is 2.93 bits per heavy atom. The molecule has 1 aromatic heterocycles. The maximum atomic E-state index is 5.64. The average Bonchev–Trinajstić information content (AvgIpc) is 2.69. The zero-order chi connectivity index (χ0) is 10.7. The van der Waals surface area contributed by atoms with Crippen LogP contribution in [-0.4, -0.2) is 4.98 Å². The fourth-order valence-electron chi connectivity index (χ4n) is 1.55. The van der Waals surface area contributed by atoms with Crippen molar-refractivity contribution in [3.05, 3.63) is 30.2 Å². The number of nitrogens with zero attached hydrogens (tertiary/aromatic N) is 1. The fraction of sp³-hybridized carbons (Fsp3) is 0.417. The maximum Gasteiger partial charge on any atom is 0.208 e. The van der Waals surface area contributed by atoms with E-state index in [1.807, 2.05) is 24.3 Å². The molecule has 0 aliphatic rings. The standard InChI is InChI=1S/C12H15NOS/c1-2-3-8-11(15)12-13-9-6-4-5-7-10(9)14-12/h4-7,11,15H,2-3,8H2,1H3. The Labute approximate surface area is 95.1 Å². The van der Waals surface area contributed by atoms with Gasteiger partial charge in [-0.3, -0.25) is 0 Å². The van der Waals surface area contributed by atoms with E-state index in [1.54, 1.807) is 0 Å². The van der Waals surface area contributed by atoms with Crippen molar-refractivity contribution in [2.75, 3.05) is 0 Å². The lowest BCUT2D eigenvalue weighted by molar-refractivity contribution is 0.508. The van der Waals surface area contributed by atoms with Gasteiger partial charge in [0.2, 0.25) is 5.89 Å². The Bertz CT molecular complexity index is 405. The van der Waals surface area contributed by atoms with Crippen LogP contribution in [0.2, 0.25) is 0 Å². The monoisotopic (exact) mass is 221 g/mol. The van der Waals surface area contributed by atoms with Crippen molar-refractivity contribution in [3.63, 3.8) is 0 Å². The van der Waals surface area contributed by atoms with Gasteiger partial charge in [0.15, 0.2) is 5.58 Å². The summed E-state index contributed by atoms with van der Waals surface area (Å²) in [5.74, 6) is 0.744. The number of rotatable bonds is 4. The van der Waals surface area contributed by atoms with Crippen LogP contribution >= 0.6 is 12.6 Å². The third-order valence-electron chi connectivity index (χ3n) is 2.43. The van der Waals surface area contributed by atoms with Gasteiger partial charge in [0.1, 0.15) is 5.52 Å². The number of aromatic nitrogens is 1. The molecule has 1 heterocycles. The lowest BCUT2D eigenvalue weighted by Gasteiger charge is -2.03. The molecule has 0 N–H and O–H groups in total. The summed E-state index contributed by atoms with van der Waals surface area (Å²) in [6.45, 7) is 2.17. The number of hydrogen-bond acceptors (Lipinski definition) is 3. The highest BCUT2D eigenvalue weighted by molar-refractivity contribution is 7.80. The number of oxazole rings is 1. The molecule has 0 amide bonds. The van der Waals surface area contributed by atoms with Crippen LogP contribution in [0.1, 0.15) is 37.3 Å². The second kappa shape index (κ2) is 4.71. The molecular weight excluding hydrogens is 206 g/mol. The van der Waals surface area contributed by atoms with Gasteiger partial charge in [-0.15, -0.1) is 0 Å². The first-order valence-corrected chi connectivity index (χ1v) is 5.86. The minimum Gasteiger partial charge on any atom is -0.439 e. The fourth-order valence-corrected chi connectivity index (χ4v) is 1.85. The molecule has 0 saturated heterocycles. The zero-order valence-corrected chi connectivity index (χ0v) is 9.71. The van der Waals surface area contributed by atoms with E-state index in [2.05, 4.69) is 24.5 Å². The molecule has 1 atom stereocenters. The summed E-state index contributed by atoms with van der Waals surface area (Å²) < 4.78 is 5.64. The van der Waals surface area contributed by atoms with Crippen molar-refractivity contribution in [2.45, 2.75) is 31.4 Å². The number of fused-ring (bicyclic) bond motifs is 1. The van der Waals surface area contributed by atoms with Crippen LogP contribution in [0.15, 0.2) is 28.7 Å². The van der Waals surface area contributed by atoms with E-state index in [9.17, 15) is 0 Å². The molecule has 80 valence electrons. The quantitative estimate of drug-likeness (QED) is 0.790. The SMILES string of the molecule is CCCCC(S)c1nc2ccccc2o1. The van der Waals surface area contributed by atoms with Gasteiger partial charge in [-0.2, -0.15) is 12.6 Å². The second-order valence-corrected chi connectivity index (χ2v) is 4.30. The van der Waals surface area contributed by atoms with Gasteiger partial charge in [-0.25, -0.2) is 4.98 Å². The molecule has 1 unspecified atom stereocenters. The summed E-state index contributed by atoms with van der Waals surface area (Å²) in [4.78, 5) is 4.42. The number of thiol groups is 1. The lowest BCUT2D eigenvalue weighted by atomic mass is 10.2. The summed E-state index contributed by atoms with van der Waals surface area (Å²) in [5.41, 5.74) is 1.77. The van der Waals surface area contributed by atoms with E-state index in [0.29, 0.717) is 0 Å². The van der Waals surface area contributed by atoms with Crippen LogP contribution in [0, 0.1) is 0 Å². The number of unbranched alkanes of at least 4 members (excludes halogenated alkanes) is 1. The lowest BCUT2D eigenvalue weighted by Crippen LogP contribution is -1.90. The number of benzene rings is 1. The Morgan fingerprint density at radius 2 is 2.20 bits per heavy atom. The molecule has 0 fully saturated rings. The van der Waals surface area contributed by atoms with Crippen LogP contribution in [0.3, 0.4) is 0 Å². The smallest absolute Gasteiger partial charge is 0.208 e. The van der Waals surface area contributed by atoms with Crippen molar-refractivity contribution >= 4 is 23.7 Å². The molecule has 0 aliphatic carbocycles. The molecule has 2 aromatic rings. The first-order chi connectivity index (χ1) is 7.31. The van der Waals surface area contributed by atoms with E-state index in [0.717, 1.165) is 29.8 Å². The van der Waals surface area contributed by atoms with Crippen molar-refractivity contribution in [3.8, 4) is 0 Å². The van der Waals surface area contributed by atoms with Gasteiger partial charge in [0.25, 0.3) is 0 Å². The zero-order valence-electron chi connectivity index (χ0n) is 8.81. The van der Waals surface area contributed by atoms with Crippen molar-refractivity contribution < 1.29 is 4.42 Å². The van der Waals surface area contributed by atoms with Gasteiger partial charge in [-0.05, 0) is 18.6 Å². The van der Waals surface area contributed by atoms with Gasteiger partial charge < -0.3 is 4.42 Å². The van der Waals surface area contributed by atoms with Crippen LogP contribution < -0.4 is 0 Å². The molecule has 1 aromatic carbocycles. The van der Waals surface area contributed by atoms with E-state index in [1.165, 1.54) is 6.42 Å². The normalized spacial score (nSPS) is 13.2. The van der Waals surface area contributed by atoms with E-state index >= 15 is 0 Å². The molecule has 0 spiro atoms. The highest BCUT2D eigenvalue weighted by Crippen LogP contribution is 2.27. The minimum absolute atomic E-state index is 0.123. The predicted octanol–water partition coefficient (Wildman–Crippen LogP) is 3.99. The van der Waals surface area contributed by atoms with Crippen LogP contribution in [0.25, 0.3) is 11.1 Å². The Kier molecular flexibility index (Phi) is 3.31. The largest absolute Gasteiger partial charge is 0.439 e. The highest BCUT2D eigenvalue weighted by atomic mass is 32.1. The molecule has 15 heavy (non-hydrogen) atoms. The number of para-hydroxylation sites is 2. The Hall–Kier alpha value is -0.960. The third-order valence-corrected chi connectivity index (χ3v) is 2.91. The summed E-state index contributed by atoms with van der Waals surface area (Å²) in [5, 5.41) is 0.123. The molecule has 0 saturated carbocycles. The van der Waals surface area contributed by atoms with Crippen molar-refractivity contribution in [2.24, 2.45) is 0 Å². The predicted molar refractivity (Wildman–Crippen MR) is 65.3 cm³/mol. The van der Waals surface area contributed by atoms with Crippen molar-refractivity contribution in [1.29, 1.82) is 0 Å². The first-order valence-electron chi connectivity index (χ1n) is 5.35. The molecule has 2 nitrogen and oxygen atoms in total.